The minimum Gasteiger partial charge on any atom is -0.419 e. The number of esters is 4. The van der Waals surface area contributed by atoms with Crippen molar-refractivity contribution in [1.29, 1.82) is 0 Å². The zero-order valence-corrected chi connectivity index (χ0v) is 17.8. The molecule has 0 bridgehead atoms. The van der Waals surface area contributed by atoms with Crippen LogP contribution in [0.1, 0.15) is 27.7 Å². The topological polar surface area (TPSA) is 129 Å². The number of nitrogens with one attached hydrogen (secondary N) is 2. The summed E-state index contributed by atoms with van der Waals surface area (Å²) in [5.41, 5.74) is -0.0252. The van der Waals surface area contributed by atoms with Gasteiger partial charge < -0.3 is 29.6 Å². The highest BCUT2D eigenvalue weighted by Crippen LogP contribution is 2.29. The van der Waals surface area contributed by atoms with E-state index < -0.39 is 35.5 Å². The number of anilines is 2. The third kappa shape index (κ3) is 5.15. The average Bonchev–Trinajstić information content (AvgIpc) is 2.59. The largest absolute Gasteiger partial charge is 0.419 e. The Morgan fingerprint density at radius 3 is 1.52 bits per heavy atom. The first kappa shape index (κ1) is 22.2. The van der Waals surface area contributed by atoms with Crippen molar-refractivity contribution in [1.82, 2.24) is 0 Å². The van der Waals surface area contributed by atoms with Gasteiger partial charge >= 0.3 is 23.9 Å². The highest BCUT2D eigenvalue weighted by molar-refractivity contribution is 6.31. The summed E-state index contributed by atoms with van der Waals surface area (Å²) in [6.07, 6.45) is 2.22. The molecule has 0 amide bonds. The summed E-state index contributed by atoms with van der Waals surface area (Å²) in [6.45, 7) is 5.73. The molecule has 164 valence electrons. The number of cyclic esters (lactones) is 4. The van der Waals surface area contributed by atoms with E-state index in [0.29, 0.717) is 16.4 Å². The second-order valence-corrected chi connectivity index (χ2v) is 7.89. The van der Waals surface area contributed by atoms with Crippen LogP contribution in [0.5, 0.6) is 0 Å². The number of rotatable bonds is 4. The van der Waals surface area contributed by atoms with Gasteiger partial charge in [0, 0.05) is 45.1 Å². The Morgan fingerprint density at radius 2 is 1.10 bits per heavy atom. The summed E-state index contributed by atoms with van der Waals surface area (Å²) < 4.78 is 20.1. The van der Waals surface area contributed by atoms with Crippen molar-refractivity contribution in [2.45, 2.75) is 39.3 Å². The van der Waals surface area contributed by atoms with Gasteiger partial charge in [0.25, 0.3) is 11.6 Å². The molecule has 2 aliphatic heterocycles. The van der Waals surface area contributed by atoms with Crippen molar-refractivity contribution >= 4 is 46.9 Å². The molecular formula is C20H19ClN2O8. The quantitative estimate of drug-likeness (QED) is 0.401. The smallest absolute Gasteiger partial charge is 0.350 e. The second kappa shape index (κ2) is 7.95. The fourth-order valence-electron chi connectivity index (χ4n) is 2.62. The zero-order valence-electron chi connectivity index (χ0n) is 17.0. The molecule has 0 atom stereocenters. The van der Waals surface area contributed by atoms with Crippen LogP contribution >= 0.6 is 11.6 Å². The van der Waals surface area contributed by atoms with E-state index in [-0.39, 0.29) is 11.1 Å². The van der Waals surface area contributed by atoms with E-state index >= 15 is 0 Å². The van der Waals surface area contributed by atoms with Gasteiger partial charge in [-0.2, -0.15) is 0 Å². The molecule has 0 aliphatic carbocycles. The lowest BCUT2D eigenvalue weighted by molar-refractivity contribution is -0.224. The zero-order chi connectivity index (χ0) is 23.0. The van der Waals surface area contributed by atoms with E-state index in [1.807, 2.05) is 0 Å². The van der Waals surface area contributed by atoms with Crippen LogP contribution in [0.25, 0.3) is 0 Å². The molecule has 2 aliphatic rings. The van der Waals surface area contributed by atoms with Crippen LogP contribution in [0.3, 0.4) is 0 Å². The van der Waals surface area contributed by atoms with Gasteiger partial charge in [-0.05, 0) is 18.2 Å². The van der Waals surface area contributed by atoms with Crippen LogP contribution in [-0.4, -0.2) is 35.5 Å². The molecule has 2 saturated heterocycles. The van der Waals surface area contributed by atoms with Gasteiger partial charge in [-0.25, -0.2) is 19.2 Å². The predicted molar refractivity (Wildman–Crippen MR) is 107 cm³/mol. The Morgan fingerprint density at radius 1 is 0.710 bits per heavy atom. The minimum absolute atomic E-state index is 0.320. The minimum atomic E-state index is -1.36. The number of carbonyl (C=O) groups is 4. The van der Waals surface area contributed by atoms with Crippen molar-refractivity contribution in [3.05, 3.63) is 46.8 Å². The first-order valence-corrected chi connectivity index (χ1v) is 9.41. The monoisotopic (exact) mass is 450 g/mol. The molecule has 10 nitrogen and oxygen atoms in total. The molecule has 3 rings (SSSR count). The Bertz CT molecular complexity index is 998. The number of benzene rings is 1. The highest BCUT2D eigenvalue weighted by atomic mass is 35.5. The second-order valence-electron chi connectivity index (χ2n) is 7.45. The van der Waals surface area contributed by atoms with E-state index in [0.717, 1.165) is 12.4 Å². The summed E-state index contributed by atoms with van der Waals surface area (Å²) in [5, 5.41) is 5.88. The number of hydrogen-bond donors (Lipinski definition) is 2. The molecule has 1 aromatic carbocycles. The molecule has 1 aromatic rings. The van der Waals surface area contributed by atoms with Crippen LogP contribution in [0.2, 0.25) is 5.02 Å². The van der Waals surface area contributed by atoms with E-state index in [1.54, 1.807) is 12.1 Å². The number of carbonyl (C=O) groups excluding carboxylic acids is 4. The predicted octanol–water partition coefficient (Wildman–Crippen LogP) is 2.60. The van der Waals surface area contributed by atoms with Crippen LogP contribution in [0.4, 0.5) is 11.4 Å². The molecular weight excluding hydrogens is 432 g/mol. The van der Waals surface area contributed by atoms with Crippen LogP contribution in [-0.2, 0) is 38.1 Å². The third-order valence-corrected chi connectivity index (χ3v) is 4.19. The summed E-state index contributed by atoms with van der Waals surface area (Å²) in [7, 11) is 0. The van der Waals surface area contributed by atoms with Crippen molar-refractivity contribution in [2.24, 2.45) is 0 Å². The molecule has 2 fully saturated rings. The van der Waals surface area contributed by atoms with E-state index in [1.165, 1.54) is 33.8 Å². The van der Waals surface area contributed by atoms with Gasteiger partial charge in [-0.1, -0.05) is 11.6 Å². The molecule has 0 aromatic heterocycles. The third-order valence-electron chi connectivity index (χ3n) is 3.96. The highest BCUT2D eigenvalue weighted by Gasteiger charge is 2.40. The van der Waals surface area contributed by atoms with Gasteiger partial charge in [0.2, 0.25) is 0 Å². The standard InChI is InChI=1S/C20H19ClN2O8/c1-19(2)28-15(24)11(16(25)29-19)8-22-13-6-5-10(21)7-14(13)23-9-12-17(26)30-20(3,4)31-18(12)27/h5-9,22-23H,1-4H3. The first-order chi connectivity index (χ1) is 14.4. The van der Waals surface area contributed by atoms with E-state index in [9.17, 15) is 19.2 Å². The lowest BCUT2D eigenvalue weighted by Gasteiger charge is -2.30. The maximum absolute atomic E-state index is 12.1. The van der Waals surface area contributed by atoms with Crippen LogP contribution in [0.15, 0.2) is 41.7 Å². The Balaban J connectivity index is 1.82. The lowest BCUT2D eigenvalue weighted by atomic mass is 10.2. The molecule has 11 heteroatoms. The average molecular weight is 451 g/mol. The number of halogens is 1. The number of hydrogen-bond acceptors (Lipinski definition) is 10. The first-order valence-electron chi connectivity index (χ1n) is 9.03. The van der Waals surface area contributed by atoms with Gasteiger partial charge in [0.05, 0.1) is 11.4 Å². The molecule has 0 saturated carbocycles. The summed E-state index contributed by atoms with van der Waals surface area (Å²) >= 11 is 6.02. The lowest BCUT2D eigenvalue weighted by Crippen LogP contribution is -2.42. The van der Waals surface area contributed by atoms with Crippen LogP contribution in [0, 0.1) is 0 Å². The van der Waals surface area contributed by atoms with E-state index in [4.69, 9.17) is 30.5 Å². The molecule has 0 unspecified atom stereocenters. The molecule has 31 heavy (non-hydrogen) atoms. The van der Waals surface area contributed by atoms with Gasteiger partial charge in [-0.15, -0.1) is 0 Å². The Hall–Kier alpha value is -3.53. The molecule has 2 heterocycles. The summed E-state index contributed by atoms with van der Waals surface area (Å²) in [4.78, 5) is 48.2. The van der Waals surface area contributed by atoms with E-state index in [2.05, 4.69) is 10.6 Å². The Labute approximate surface area is 182 Å². The van der Waals surface area contributed by atoms with Gasteiger partial charge in [0.15, 0.2) is 11.1 Å². The Kier molecular flexibility index (Phi) is 5.68. The van der Waals surface area contributed by atoms with Crippen molar-refractivity contribution in [3.8, 4) is 0 Å². The van der Waals surface area contributed by atoms with Crippen molar-refractivity contribution < 1.29 is 38.1 Å². The normalized spacial score (nSPS) is 19.5. The maximum Gasteiger partial charge on any atom is 0.350 e. The van der Waals surface area contributed by atoms with Crippen LogP contribution < -0.4 is 10.6 Å². The molecule has 0 spiro atoms. The summed E-state index contributed by atoms with van der Waals surface area (Å²) in [5.74, 6) is -6.14. The van der Waals surface area contributed by atoms with Crippen molar-refractivity contribution in [3.63, 3.8) is 0 Å². The number of ether oxygens (including phenoxy) is 4. The summed E-state index contributed by atoms with van der Waals surface area (Å²) in [6, 6.07) is 4.58. The molecule has 2 N–H and O–H groups in total. The molecule has 0 radical (unpaired) electrons. The fraction of sp³-hybridized carbons (Fsp3) is 0.300. The van der Waals surface area contributed by atoms with Gasteiger partial charge in [-0.3, -0.25) is 0 Å². The van der Waals surface area contributed by atoms with Gasteiger partial charge in [0.1, 0.15) is 0 Å². The SMILES string of the molecule is CC1(C)OC(=O)C(=CNc2ccc(Cl)cc2NC=C2C(=O)OC(C)(C)OC2=O)C(=O)O1. The maximum atomic E-state index is 12.1. The van der Waals surface area contributed by atoms with Crippen molar-refractivity contribution in [2.75, 3.05) is 10.6 Å². The fourth-order valence-corrected chi connectivity index (χ4v) is 2.79.